The Morgan fingerprint density at radius 3 is 2.26 bits per heavy atom. The van der Waals surface area contributed by atoms with E-state index in [0.29, 0.717) is 6.54 Å². The van der Waals surface area contributed by atoms with Crippen LogP contribution in [0.15, 0.2) is 42.5 Å². The molecule has 0 saturated heterocycles. The molecule has 2 rings (SSSR count). The lowest BCUT2D eigenvalue weighted by molar-refractivity contribution is 0.275. The van der Waals surface area contributed by atoms with Gasteiger partial charge < -0.3 is 25.7 Å². The predicted molar refractivity (Wildman–Crippen MR) is 75.8 cm³/mol. The highest BCUT2D eigenvalue weighted by atomic mass is 31.2. The lowest BCUT2D eigenvalue weighted by atomic mass is 10.1. The van der Waals surface area contributed by atoms with Gasteiger partial charge in [0.25, 0.3) is 0 Å². The van der Waals surface area contributed by atoms with Crippen LogP contribution in [0.5, 0.6) is 0 Å². The maximum absolute atomic E-state index is 8.88. The SMILES string of the molecule is NCCNc1cccc2ccccc12.O=P(O)(O)O. The van der Waals surface area contributed by atoms with Crippen LogP contribution in [0.25, 0.3) is 10.8 Å². The molecule has 0 amide bonds. The third-order valence-corrected chi connectivity index (χ3v) is 2.25. The fourth-order valence-corrected chi connectivity index (χ4v) is 1.59. The lowest BCUT2D eigenvalue weighted by Crippen LogP contribution is -2.13. The van der Waals surface area contributed by atoms with Crippen molar-refractivity contribution >= 4 is 24.3 Å². The molecule has 0 saturated carbocycles. The van der Waals surface area contributed by atoms with E-state index in [4.69, 9.17) is 25.0 Å². The fraction of sp³-hybridized carbons (Fsp3) is 0.167. The highest BCUT2D eigenvalue weighted by Gasteiger charge is 2.00. The van der Waals surface area contributed by atoms with Crippen LogP contribution in [0.4, 0.5) is 5.69 Å². The second kappa shape index (κ2) is 7.23. The van der Waals surface area contributed by atoms with Crippen molar-refractivity contribution in [1.29, 1.82) is 0 Å². The molecule has 0 heterocycles. The van der Waals surface area contributed by atoms with Gasteiger partial charge in [-0.1, -0.05) is 36.4 Å². The molecule has 2 aromatic carbocycles. The predicted octanol–water partition coefficient (Wildman–Crippen LogP) is 1.28. The Hall–Kier alpha value is -1.43. The minimum Gasteiger partial charge on any atom is -0.383 e. The van der Waals surface area contributed by atoms with Crippen molar-refractivity contribution in [3.8, 4) is 0 Å². The Morgan fingerprint density at radius 2 is 1.63 bits per heavy atom. The number of hydrogen-bond donors (Lipinski definition) is 5. The van der Waals surface area contributed by atoms with Crippen LogP contribution >= 0.6 is 7.82 Å². The topological polar surface area (TPSA) is 116 Å². The molecular weight excluding hydrogens is 267 g/mol. The van der Waals surface area contributed by atoms with Gasteiger partial charge in [0.15, 0.2) is 0 Å². The zero-order valence-electron chi connectivity index (χ0n) is 10.2. The molecule has 0 aliphatic carbocycles. The van der Waals surface area contributed by atoms with Crippen molar-refractivity contribution in [2.75, 3.05) is 18.4 Å². The molecule has 0 bridgehead atoms. The van der Waals surface area contributed by atoms with Gasteiger partial charge in [-0.3, -0.25) is 0 Å². The van der Waals surface area contributed by atoms with Crippen molar-refractivity contribution in [2.24, 2.45) is 5.73 Å². The summed E-state index contributed by atoms with van der Waals surface area (Å²) in [6.07, 6.45) is 0. The lowest BCUT2D eigenvalue weighted by Gasteiger charge is -2.08. The maximum Gasteiger partial charge on any atom is 0.466 e. The van der Waals surface area contributed by atoms with Crippen molar-refractivity contribution in [3.05, 3.63) is 42.5 Å². The van der Waals surface area contributed by atoms with Gasteiger partial charge in [0.2, 0.25) is 0 Å². The van der Waals surface area contributed by atoms with Gasteiger partial charge in [-0.15, -0.1) is 0 Å². The van der Waals surface area contributed by atoms with E-state index >= 15 is 0 Å². The Kier molecular flexibility index (Phi) is 5.95. The standard InChI is InChI=1S/C12H14N2.H3O4P/c13-8-9-14-12-7-3-5-10-4-1-2-6-11(10)12;1-5(2,3)4/h1-7,14H,8-9,13H2;(H3,1,2,3,4). The largest absolute Gasteiger partial charge is 0.466 e. The van der Waals surface area contributed by atoms with E-state index < -0.39 is 7.82 Å². The Bertz CT molecular complexity index is 557. The van der Waals surface area contributed by atoms with Crippen molar-refractivity contribution in [3.63, 3.8) is 0 Å². The second-order valence-corrected chi connectivity index (χ2v) is 4.78. The van der Waals surface area contributed by atoms with E-state index in [0.717, 1.165) is 12.2 Å². The Balaban J connectivity index is 0.000000312. The summed E-state index contributed by atoms with van der Waals surface area (Å²) in [7, 11) is -4.64. The Labute approximate surface area is 111 Å². The fourth-order valence-electron chi connectivity index (χ4n) is 1.59. The molecule has 6 N–H and O–H groups in total. The molecule has 6 nitrogen and oxygen atoms in total. The van der Waals surface area contributed by atoms with Gasteiger partial charge in [-0.05, 0) is 11.5 Å². The molecule has 0 atom stereocenters. The smallest absolute Gasteiger partial charge is 0.383 e. The molecule has 0 fully saturated rings. The number of fused-ring (bicyclic) bond motifs is 1. The molecule has 0 unspecified atom stereocenters. The quantitative estimate of drug-likeness (QED) is 0.542. The number of benzene rings is 2. The van der Waals surface area contributed by atoms with Gasteiger partial charge in [-0.25, -0.2) is 4.57 Å². The summed E-state index contributed by atoms with van der Waals surface area (Å²) in [5.41, 5.74) is 6.62. The summed E-state index contributed by atoms with van der Waals surface area (Å²) >= 11 is 0. The average Bonchev–Trinajstić information content (AvgIpc) is 2.34. The second-order valence-electron chi connectivity index (χ2n) is 3.76. The highest BCUT2D eigenvalue weighted by Crippen LogP contribution is 2.25. The summed E-state index contributed by atoms with van der Waals surface area (Å²) in [4.78, 5) is 21.6. The van der Waals surface area contributed by atoms with Crippen molar-refractivity contribution in [1.82, 2.24) is 0 Å². The summed E-state index contributed by atoms with van der Waals surface area (Å²) in [6, 6.07) is 14.6. The van der Waals surface area contributed by atoms with E-state index in [-0.39, 0.29) is 0 Å². The number of phosphoric acid groups is 1. The highest BCUT2D eigenvalue weighted by molar-refractivity contribution is 7.45. The molecule has 19 heavy (non-hydrogen) atoms. The van der Waals surface area contributed by atoms with Crippen LogP contribution < -0.4 is 11.1 Å². The van der Waals surface area contributed by atoms with Gasteiger partial charge in [0.05, 0.1) is 0 Å². The van der Waals surface area contributed by atoms with Crippen LogP contribution in [0.1, 0.15) is 0 Å². The maximum atomic E-state index is 8.88. The first-order valence-electron chi connectivity index (χ1n) is 5.62. The molecule has 0 radical (unpaired) electrons. The first kappa shape index (κ1) is 15.6. The molecule has 2 aromatic rings. The van der Waals surface area contributed by atoms with E-state index in [1.54, 1.807) is 0 Å². The third-order valence-electron chi connectivity index (χ3n) is 2.25. The van der Waals surface area contributed by atoms with Crippen LogP contribution in [-0.4, -0.2) is 27.8 Å². The molecule has 0 aliphatic heterocycles. The van der Waals surface area contributed by atoms with Gasteiger partial charge in [-0.2, -0.15) is 0 Å². The summed E-state index contributed by atoms with van der Waals surface area (Å²) in [5, 5.41) is 5.82. The van der Waals surface area contributed by atoms with Crippen LogP contribution in [0, 0.1) is 0 Å². The van der Waals surface area contributed by atoms with Crippen molar-refractivity contribution < 1.29 is 19.2 Å². The number of nitrogens with one attached hydrogen (secondary N) is 1. The number of rotatable bonds is 3. The minimum atomic E-state index is -4.64. The summed E-state index contributed by atoms with van der Waals surface area (Å²) < 4.78 is 8.88. The first-order chi connectivity index (χ1) is 8.92. The number of nitrogens with two attached hydrogens (primary N) is 1. The third kappa shape index (κ3) is 6.33. The van der Waals surface area contributed by atoms with E-state index in [2.05, 4.69) is 47.8 Å². The van der Waals surface area contributed by atoms with E-state index in [1.165, 1.54) is 10.8 Å². The molecule has 0 aromatic heterocycles. The zero-order chi connectivity index (χ0) is 14.3. The monoisotopic (exact) mass is 284 g/mol. The molecule has 7 heteroatoms. The average molecular weight is 284 g/mol. The number of anilines is 1. The Morgan fingerprint density at radius 1 is 1.05 bits per heavy atom. The first-order valence-corrected chi connectivity index (χ1v) is 7.18. The zero-order valence-corrected chi connectivity index (χ0v) is 11.1. The number of hydrogen-bond acceptors (Lipinski definition) is 3. The van der Waals surface area contributed by atoms with E-state index in [1.807, 2.05) is 0 Å². The van der Waals surface area contributed by atoms with Crippen LogP contribution in [-0.2, 0) is 4.57 Å². The van der Waals surface area contributed by atoms with Crippen LogP contribution in [0.3, 0.4) is 0 Å². The van der Waals surface area contributed by atoms with Crippen LogP contribution in [0.2, 0.25) is 0 Å². The normalized spacial score (nSPS) is 10.7. The van der Waals surface area contributed by atoms with Gasteiger partial charge in [0.1, 0.15) is 0 Å². The summed E-state index contributed by atoms with van der Waals surface area (Å²) in [6.45, 7) is 1.47. The van der Waals surface area contributed by atoms with Gasteiger partial charge in [0, 0.05) is 24.2 Å². The summed E-state index contributed by atoms with van der Waals surface area (Å²) in [5.74, 6) is 0. The molecule has 0 aliphatic rings. The minimum absolute atomic E-state index is 0.656. The molecule has 0 spiro atoms. The van der Waals surface area contributed by atoms with Crippen molar-refractivity contribution in [2.45, 2.75) is 0 Å². The molecule has 104 valence electrons. The van der Waals surface area contributed by atoms with Gasteiger partial charge >= 0.3 is 7.82 Å². The van der Waals surface area contributed by atoms with E-state index in [9.17, 15) is 0 Å². The molecular formula is C12H17N2O4P.